The number of nitrogens with zero attached hydrogens (tertiary/aromatic N) is 1. The Bertz CT molecular complexity index is 253. The summed E-state index contributed by atoms with van der Waals surface area (Å²) in [5.41, 5.74) is -0.0758. The van der Waals surface area contributed by atoms with Crippen molar-refractivity contribution in [2.24, 2.45) is 10.4 Å². The van der Waals surface area contributed by atoms with Gasteiger partial charge in [-0.05, 0) is 11.8 Å². The summed E-state index contributed by atoms with van der Waals surface area (Å²) in [6.07, 6.45) is 0.987. The van der Waals surface area contributed by atoms with E-state index < -0.39 is 0 Å². The summed E-state index contributed by atoms with van der Waals surface area (Å²) in [6, 6.07) is -0.168. The molecule has 0 aromatic heterocycles. The van der Waals surface area contributed by atoms with E-state index >= 15 is 0 Å². The van der Waals surface area contributed by atoms with E-state index in [0.29, 0.717) is 5.96 Å². The molecule has 80 valence electrons. The van der Waals surface area contributed by atoms with E-state index in [9.17, 15) is 4.79 Å². The van der Waals surface area contributed by atoms with Crippen LogP contribution < -0.4 is 10.6 Å². The highest BCUT2D eigenvalue weighted by atomic mass is 16.2. The first-order valence-corrected chi connectivity index (χ1v) is 5.07. The predicted octanol–water partition coefficient (Wildman–Crippen LogP) is 0.886. The van der Waals surface area contributed by atoms with Crippen LogP contribution in [0.2, 0.25) is 0 Å². The molecule has 0 aromatic rings. The molecule has 0 saturated carbocycles. The Kier molecular flexibility index (Phi) is 3.13. The van der Waals surface area contributed by atoms with Gasteiger partial charge in [-0.1, -0.05) is 27.7 Å². The van der Waals surface area contributed by atoms with Crippen LogP contribution in [-0.2, 0) is 4.79 Å². The van der Waals surface area contributed by atoms with Gasteiger partial charge in [-0.25, -0.2) is 0 Å². The van der Waals surface area contributed by atoms with E-state index in [4.69, 9.17) is 0 Å². The standard InChI is InChI=1S/C10H19N3O/c1-5-6-11-9-12-7(8(14)13-9)10(2,3)4/h7H,5-6H2,1-4H3,(H2,11,12,13,14). The Morgan fingerprint density at radius 2 is 2.07 bits per heavy atom. The summed E-state index contributed by atoms with van der Waals surface area (Å²) >= 11 is 0. The topological polar surface area (TPSA) is 53.5 Å². The van der Waals surface area contributed by atoms with E-state index in [1.54, 1.807) is 0 Å². The van der Waals surface area contributed by atoms with Crippen molar-refractivity contribution in [3.8, 4) is 0 Å². The smallest absolute Gasteiger partial charge is 0.249 e. The first-order chi connectivity index (χ1) is 6.45. The molecule has 1 fully saturated rings. The van der Waals surface area contributed by atoms with E-state index in [-0.39, 0.29) is 17.4 Å². The number of hydrogen-bond donors (Lipinski definition) is 2. The molecular formula is C10H19N3O. The maximum atomic E-state index is 11.5. The summed E-state index contributed by atoms with van der Waals surface area (Å²) in [7, 11) is 0. The van der Waals surface area contributed by atoms with Crippen LogP contribution >= 0.6 is 0 Å². The van der Waals surface area contributed by atoms with Crippen molar-refractivity contribution in [2.45, 2.75) is 40.2 Å². The van der Waals surface area contributed by atoms with Gasteiger partial charge in [0.15, 0.2) is 5.96 Å². The lowest BCUT2D eigenvalue weighted by molar-refractivity contribution is -0.122. The van der Waals surface area contributed by atoms with Crippen molar-refractivity contribution in [3.63, 3.8) is 0 Å². The first kappa shape index (κ1) is 11.0. The second-order valence-corrected chi connectivity index (χ2v) is 4.66. The fourth-order valence-corrected chi connectivity index (χ4v) is 1.35. The zero-order valence-electron chi connectivity index (χ0n) is 9.35. The molecular weight excluding hydrogens is 178 g/mol. The minimum atomic E-state index is -0.168. The normalized spacial score (nSPS) is 25.0. The van der Waals surface area contributed by atoms with Gasteiger partial charge in [0.1, 0.15) is 6.04 Å². The van der Waals surface area contributed by atoms with Crippen LogP contribution in [0, 0.1) is 5.41 Å². The van der Waals surface area contributed by atoms with Gasteiger partial charge < -0.3 is 5.32 Å². The number of nitrogens with one attached hydrogen (secondary N) is 2. The Morgan fingerprint density at radius 1 is 1.43 bits per heavy atom. The van der Waals surface area contributed by atoms with Gasteiger partial charge in [0.2, 0.25) is 5.91 Å². The molecule has 0 spiro atoms. The van der Waals surface area contributed by atoms with Gasteiger partial charge in [0.05, 0.1) is 0 Å². The zero-order valence-corrected chi connectivity index (χ0v) is 9.35. The molecule has 1 aliphatic heterocycles. The minimum Gasteiger partial charge on any atom is -0.344 e. The van der Waals surface area contributed by atoms with Crippen LogP contribution in [0.15, 0.2) is 4.99 Å². The van der Waals surface area contributed by atoms with Gasteiger partial charge in [0.25, 0.3) is 0 Å². The van der Waals surface area contributed by atoms with Gasteiger partial charge in [-0.15, -0.1) is 0 Å². The number of aliphatic imine (C=N–C) groups is 1. The van der Waals surface area contributed by atoms with Crippen molar-refractivity contribution in [1.82, 2.24) is 10.6 Å². The molecule has 0 aliphatic carbocycles. The van der Waals surface area contributed by atoms with Crippen LogP contribution in [0.5, 0.6) is 0 Å². The van der Waals surface area contributed by atoms with Crippen LogP contribution in [0.3, 0.4) is 0 Å². The molecule has 0 aromatic carbocycles. The molecule has 2 N–H and O–H groups in total. The molecule has 1 aliphatic rings. The summed E-state index contributed by atoms with van der Waals surface area (Å²) in [5.74, 6) is 0.643. The highest BCUT2D eigenvalue weighted by Crippen LogP contribution is 2.21. The number of hydrogen-bond acceptors (Lipinski definition) is 2. The van der Waals surface area contributed by atoms with Gasteiger partial charge in [-0.3, -0.25) is 15.1 Å². The highest BCUT2D eigenvalue weighted by Gasteiger charge is 2.37. The lowest BCUT2D eigenvalue weighted by Gasteiger charge is -2.23. The minimum absolute atomic E-state index is 0.0207. The van der Waals surface area contributed by atoms with Crippen molar-refractivity contribution >= 4 is 11.9 Å². The van der Waals surface area contributed by atoms with Gasteiger partial charge in [0, 0.05) is 6.54 Å². The number of carbonyl (C=O) groups excluding carboxylic acids is 1. The average molecular weight is 197 g/mol. The molecule has 1 amide bonds. The van der Waals surface area contributed by atoms with E-state index in [1.165, 1.54) is 0 Å². The van der Waals surface area contributed by atoms with Gasteiger partial charge >= 0.3 is 0 Å². The molecule has 4 heteroatoms. The van der Waals surface area contributed by atoms with Crippen LogP contribution in [0.4, 0.5) is 0 Å². The number of guanidine groups is 1. The fourth-order valence-electron chi connectivity index (χ4n) is 1.35. The Morgan fingerprint density at radius 3 is 2.50 bits per heavy atom. The zero-order chi connectivity index (χ0) is 10.8. The molecule has 14 heavy (non-hydrogen) atoms. The maximum Gasteiger partial charge on any atom is 0.249 e. The number of amides is 1. The molecule has 0 bridgehead atoms. The summed E-state index contributed by atoms with van der Waals surface area (Å²) < 4.78 is 0. The monoisotopic (exact) mass is 197 g/mol. The molecule has 1 unspecified atom stereocenters. The third kappa shape index (κ3) is 2.47. The maximum absolute atomic E-state index is 11.5. The highest BCUT2D eigenvalue weighted by molar-refractivity contribution is 6.06. The van der Waals surface area contributed by atoms with Crippen molar-refractivity contribution in [1.29, 1.82) is 0 Å². The van der Waals surface area contributed by atoms with Crippen LogP contribution in [0.25, 0.3) is 0 Å². The molecule has 1 saturated heterocycles. The van der Waals surface area contributed by atoms with Gasteiger partial charge in [-0.2, -0.15) is 0 Å². The lowest BCUT2D eigenvalue weighted by atomic mass is 9.87. The van der Waals surface area contributed by atoms with E-state index in [1.807, 2.05) is 20.8 Å². The quantitative estimate of drug-likeness (QED) is 0.690. The lowest BCUT2D eigenvalue weighted by Crippen LogP contribution is -2.41. The molecule has 0 radical (unpaired) electrons. The van der Waals surface area contributed by atoms with Crippen LogP contribution in [-0.4, -0.2) is 24.5 Å². The number of rotatable bonds is 2. The first-order valence-electron chi connectivity index (χ1n) is 5.07. The second-order valence-electron chi connectivity index (χ2n) is 4.66. The molecule has 1 heterocycles. The molecule has 4 nitrogen and oxygen atoms in total. The predicted molar refractivity (Wildman–Crippen MR) is 57.1 cm³/mol. The van der Waals surface area contributed by atoms with Crippen molar-refractivity contribution in [3.05, 3.63) is 0 Å². The third-order valence-corrected chi connectivity index (χ3v) is 2.14. The van der Waals surface area contributed by atoms with Crippen molar-refractivity contribution in [2.75, 3.05) is 6.54 Å². The largest absolute Gasteiger partial charge is 0.344 e. The summed E-state index contributed by atoms with van der Waals surface area (Å²) in [5, 5.41) is 5.85. The Hall–Kier alpha value is -1.06. The Labute approximate surface area is 85.2 Å². The molecule has 1 atom stereocenters. The van der Waals surface area contributed by atoms with Crippen LogP contribution in [0.1, 0.15) is 34.1 Å². The fraction of sp³-hybridized carbons (Fsp3) is 0.800. The second kappa shape index (κ2) is 3.98. The summed E-state index contributed by atoms with van der Waals surface area (Å²) in [6.45, 7) is 8.91. The average Bonchev–Trinajstić information content (AvgIpc) is 2.42. The van der Waals surface area contributed by atoms with E-state index in [2.05, 4.69) is 22.5 Å². The van der Waals surface area contributed by atoms with E-state index in [0.717, 1.165) is 13.0 Å². The number of carbonyl (C=O) groups is 1. The molecule has 1 rings (SSSR count). The Balaban J connectivity index is 2.65. The summed E-state index contributed by atoms with van der Waals surface area (Å²) in [4.78, 5) is 15.8. The van der Waals surface area contributed by atoms with Crippen molar-refractivity contribution < 1.29 is 4.79 Å². The SMILES string of the molecule is CCCN=C1NC(=O)C(C(C)(C)C)N1. The third-order valence-electron chi connectivity index (χ3n) is 2.14.